The molecule has 1 unspecified atom stereocenters. The van der Waals surface area contributed by atoms with E-state index in [4.69, 9.17) is 21.4 Å². The van der Waals surface area contributed by atoms with Crippen molar-refractivity contribution in [2.45, 2.75) is 25.2 Å². The van der Waals surface area contributed by atoms with Gasteiger partial charge in [0.05, 0.1) is 18.6 Å². The van der Waals surface area contributed by atoms with Crippen LogP contribution >= 0.6 is 11.6 Å². The number of carbonyl (C=O) groups is 1. The SMILES string of the molecule is COc1cccc(C(CC(=O)O)C2CC2)c1Cl. The number of rotatable bonds is 5. The minimum Gasteiger partial charge on any atom is -0.495 e. The maximum absolute atomic E-state index is 10.9. The molecule has 2 rings (SSSR count). The first-order valence-electron chi connectivity index (χ1n) is 5.67. The van der Waals surface area contributed by atoms with Crippen LogP contribution in [0.5, 0.6) is 5.75 Å². The van der Waals surface area contributed by atoms with Gasteiger partial charge in [-0.15, -0.1) is 0 Å². The van der Waals surface area contributed by atoms with Gasteiger partial charge in [0, 0.05) is 0 Å². The molecule has 1 atom stereocenters. The van der Waals surface area contributed by atoms with Gasteiger partial charge in [0.25, 0.3) is 0 Å². The van der Waals surface area contributed by atoms with E-state index in [1.807, 2.05) is 12.1 Å². The second-order valence-corrected chi connectivity index (χ2v) is 4.78. The lowest BCUT2D eigenvalue weighted by atomic mass is 9.91. The number of halogens is 1. The molecule has 0 bridgehead atoms. The Labute approximate surface area is 105 Å². The van der Waals surface area contributed by atoms with Gasteiger partial charge in [-0.1, -0.05) is 23.7 Å². The minimum absolute atomic E-state index is 0.00935. The van der Waals surface area contributed by atoms with Gasteiger partial charge in [0.1, 0.15) is 5.75 Å². The van der Waals surface area contributed by atoms with Crippen LogP contribution in [0.15, 0.2) is 18.2 Å². The van der Waals surface area contributed by atoms with Crippen molar-refractivity contribution in [2.24, 2.45) is 5.92 Å². The van der Waals surface area contributed by atoms with Gasteiger partial charge in [0.2, 0.25) is 0 Å². The molecule has 4 heteroatoms. The Morgan fingerprint density at radius 3 is 2.82 bits per heavy atom. The van der Waals surface area contributed by atoms with Crippen molar-refractivity contribution >= 4 is 17.6 Å². The van der Waals surface area contributed by atoms with E-state index in [1.54, 1.807) is 13.2 Å². The molecule has 1 aromatic rings. The summed E-state index contributed by atoms with van der Waals surface area (Å²) >= 11 is 6.24. The Bertz CT molecular complexity index is 427. The third kappa shape index (κ3) is 2.72. The molecule has 1 N–H and O–H groups in total. The third-order valence-corrected chi connectivity index (χ3v) is 3.60. The van der Waals surface area contributed by atoms with Crippen molar-refractivity contribution in [1.82, 2.24) is 0 Å². The van der Waals surface area contributed by atoms with Crippen molar-refractivity contribution < 1.29 is 14.6 Å². The van der Waals surface area contributed by atoms with Crippen LogP contribution < -0.4 is 4.74 Å². The predicted molar refractivity (Wildman–Crippen MR) is 65.7 cm³/mol. The highest BCUT2D eigenvalue weighted by molar-refractivity contribution is 6.32. The summed E-state index contributed by atoms with van der Waals surface area (Å²) in [6.45, 7) is 0. The lowest BCUT2D eigenvalue weighted by Gasteiger charge is -2.17. The van der Waals surface area contributed by atoms with Gasteiger partial charge in [0.15, 0.2) is 0 Å². The maximum Gasteiger partial charge on any atom is 0.303 e. The molecule has 0 heterocycles. The fourth-order valence-corrected chi connectivity index (χ4v) is 2.53. The smallest absolute Gasteiger partial charge is 0.303 e. The molecule has 1 aliphatic rings. The molecule has 17 heavy (non-hydrogen) atoms. The zero-order valence-electron chi connectivity index (χ0n) is 9.65. The third-order valence-electron chi connectivity index (χ3n) is 3.20. The first-order chi connectivity index (χ1) is 8.13. The molecule has 0 spiro atoms. The highest BCUT2D eigenvalue weighted by atomic mass is 35.5. The van der Waals surface area contributed by atoms with Crippen LogP contribution in [0.2, 0.25) is 5.02 Å². The zero-order chi connectivity index (χ0) is 12.4. The predicted octanol–water partition coefficient (Wildman–Crippen LogP) is 3.32. The number of carboxylic acids is 1. The Balaban J connectivity index is 2.31. The number of aliphatic carboxylic acids is 1. The topological polar surface area (TPSA) is 46.5 Å². The average molecular weight is 255 g/mol. The van der Waals surface area contributed by atoms with Gasteiger partial charge in [-0.3, -0.25) is 4.79 Å². The molecule has 92 valence electrons. The van der Waals surface area contributed by atoms with Crippen LogP contribution in [0.3, 0.4) is 0 Å². The Hall–Kier alpha value is -1.22. The van der Waals surface area contributed by atoms with Crippen LogP contribution in [-0.4, -0.2) is 18.2 Å². The fourth-order valence-electron chi connectivity index (χ4n) is 2.19. The van der Waals surface area contributed by atoms with Crippen molar-refractivity contribution in [3.05, 3.63) is 28.8 Å². The lowest BCUT2D eigenvalue weighted by Crippen LogP contribution is -2.09. The van der Waals surface area contributed by atoms with E-state index in [2.05, 4.69) is 0 Å². The van der Waals surface area contributed by atoms with Crippen molar-refractivity contribution in [1.29, 1.82) is 0 Å². The van der Waals surface area contributed by atoms with Crippen molar-refractivity contribution in [3.8, 4) is 5.75 Å². The average Bonchev–Trinajstić information content (AvgIpc) is 3.10. The Kier molecular flexibility index (Phi) is 3.57. The quantitative estimate of drug-likeness (QED) is 0.877. The van der Waals surface area contributed by atoms with E-state index in [0.717, 1.165) is 18.4 Å². The zero-order valence-corrected chi connectivity index (χ0v) is 10.4. The molecule has 1 fully saturated rings. The molecule has 1 aromatic carbocycles. The fraction of sp³-hybridized carbons (Fsp3) is 0.462. The van der Waals surface area contributed by atoms with Crippen LogP contribution in [0.25, 0.3) is 0 Å². The van der Waals surface area contributed by atoms with Crippen LogP contribution in [0.4, 0.5) is 0 Å². The van der Waals surface area contributed by atoms with Gasteiger partial charge in [-0.2, -0.15) is 0 Å². The van der Waals surface area contributed by atoms with Crippen LogP contribution in [-0.2, 0) is 4.79 Å². The normalized spacial score (nSPS) is 16.6. The number of carboxylic acid groups (broad SMARTS) is 1. The molecule has 0 aliphatic heterocycles. The standard InChI is InChI=1S/C13H15ClO3/c1-17-11-4-2-3-9(13(11)14)10(7-12(15)16)8-5-6-8/h2-4,8,10H,5-7H2,1H3,(H,15,16). The number of ether oxygens (including phenoxy) is 1. The first kappa shape index (κ1) is 12.2. The van der Waals surface area contributed by atoms with E-state index < -0.39 is 5.97 Å². The molecule has 0 aromatic heterocycles. The van der Waals surface area contributed by atoms with Crippen molar-refractivity contribution in [3.63, 3.8) is 0 Å². The van der Waals surface area contributed by atoms with Crippen molar-refractivity contribution in [2.75, 3.05) is 7.11 Å². The second-order valence-electron chi connectivity index (χ2n) is 4.41. The highest BCUT2D eigenvalue weighted by Gasteiger charge is 2.35. The summed E-state index contributed by atoms with van der Waals surface area (Å²) in [6, 6.07) is 5.55. The number of hydrogen-bond acceptors (Lipinski definition) is 2. The molecule has 0 saturated heterocycles. The van der Waals surface area contributed by atoms with E-state index in [1.165, 1.54) is 0 Å². The number of methoxy groups -OCH3 is 1. The summed E-state index contributed by atoms with van der Waals surface area (Å²) in [5, 5.41) is 9.51. The number of benzene rings is 1. The first-order valence-corrected chi connectivity index (χ1v) is 6.05. The highest BCUT2D eigenvalue weighted by Crippen LogP contribution is 2.47. The van der Waals surface area contributed by atoms with E-state index in [9.17, 15) is 4.79 Å². The summed E-state index contributed by atoms with van der Waals surface area (Å²) in [5.41, 5.74) is 0.899. The molecule has 3 nitrogen and oxygen atoms in total. The molecular formula is C13H15ClO3. The molecule has 0 radical (unpaired) electrons. The summed E-state index contributed by atoms with van der Waals surface area (Å²) in [5.74, 6) is 0.298. The maximum atomic E-state index is 10.9. The minimum atomic E-state index is -0.777. The Morgan fingerprint density at radius 1 is 1.59 bits per heavy atom. The second kappa shape index (κ2) is 4.96. The van der Waals surface area contributed by atoms with Gasteiger partial charge in [-0.25, -0.2) is 0 Å². The van der Waals surface area contributed by atoms with E-state index in [-0.39, 0.29) is 12.3 Å². The molecule has 0 amide bonds. The van der Waals surface area contributed by atoms with E-state index in [0.29, 0.717) is 16.7 Å². The van der Waals surface area contributed by atoms with E-state index >= 15 is 0 Å². The summed E-state index contributed by atoms with van der Waals surface area (Å²) in [7, 11) is 1.56. The van der Waals surface area contributed by atoms with Gasteiger partial charge >= 0.3 is 5.97 Å². The van der Waals surface area contributed by atoms with Crippen LogP contribution in [0, 0.1) is 5.92 Å². The summed E-state index contributed by atoms with van der Waals surface area (Å²) in [6.07, 6.45) is 2.31. The molecule has 1 saturated carbocycles. The van der Waals surface area contributed by atoms with Gasteiger partial charge < -0.3 is 9.84 Å². The molecular weight excluding hydrogens is 240 g/mol. The van der Waals surface area contributed by atoms with Gasteiger partial charge in [-0.05, 0) is 36.3 Å². The number of hydrogen-bond donors (Lipinski definition) is 1. The monoisotopic (exact) mass is 254 g/mol. The lowest BCUT2D eigenvalue weighted by molar-refractivity contribution is -0.137. The summed E-state index contributed by atoms with van der Waals surface area (Å²) < 4.78 is 5.16. The Morgan fingerprint density at radius 2 is 2.29 bits per heavy atom. The van der Waals surface area contributed by atoms with Crippen LogP contribution in [0.1, 0.15) is 30.7 Å². The summed E-state index contributed by atoms with van der Waals surface area (Å²) in [4.78, 5) is 10.9. The largest absolute Gasteiger partial charge is 0.495 e. The molecule has 1 aliphatic carbocycles.